The van der Waals surface area contributed by atoms with Gasteiger partial charge in [0.2, 0.25) is 21.7 Å². The van der Waals surface area contributed by atoms with E-state index in [1.807, 2.05) is 0 Å². The molecule has 0 aromatic heterocycles. The highest BCUT2D eigenvalue weighted by Gasteiger charge is 2.26. The summed E-state index contributed by atoms with van der Waals surface area (Å²) in [7, 11) is -3.83. The molecule has 1 aliphatic heterocycles. The summed E-state index contributed by atoms with van der Waals surface area (Å²) in [6.45, 7) is 3.92. The van der Waals surface area contributed by atoms with Crippen LogP contribution in [0, 0.1) is 10.1 Å². The van der Waals surface area contributed by atoms with Crippen LogP contribution < -0.4 is 10.1 Å². The Bertz CT molecular complexity index is 1060. The van der Waals surface area contributed by atoms with Gasteiger partial charge in [-0.3, -0.25) is 14.9 Å². The van der Waals surface area contributed by atoms with E-state index in [1.54, 1.807) is 32.0 Å². The number of sulfonamides is 1. The molecule has 0 radical (unpaired) electrons. The molecule has 3 rings (SSSR count). The molecule has 0 bridgehead atoms. The van der Waals surface area contributed by atoms with Crippen molar-refractivity contribution in [2.24, 2.45) is 0 Å². The van der Waals surface area contributed by atoms with Gasteiger partial charge in [-0.15, -0.1) is 0 Å². The molecule has 1 aliphatic rings. The van der Waals surface area contributed by atoms with Crippen molar-refractivity contribution in [3.63, 3.8) is 0 Å². The Morgan fingerprint density at radius 3 is 2.52 bits per heavy atom. The fourth-order valence-corrected chi connectivity index (χ4v) is 4.63. The van der Waals surface area contributed by atoms with Crippen molar-refractivity contribution in [2.45, 2.75) is 31.6 Å². The van der Waals surface area contributed by atoms with Crippen molar-refractivity contribution in [3.05, 3.63) is 52.1 Å². The van der Waals surface area contributed by atoms with Crippen molar-refractivity contribution in [1.29, 1.82) is 0 Å². The lowest BCUT2D eigenvalue weighted by Crippen LogP contribution is -2.30. The van der Waals surface area contributed by atoms with Crippen LogP contribution in [-0.2, 0) is 21.2 Å². The van der Waals surface area contributed by atoms with Crippen molar-refractivity contribution >= 4 is 27.3 Å². The Morgan fingerprint density at radius 2 is 1.86 bits per heavy atom. The average molecular weight is 419 g/mol. The maximum absolute atomic E-state index is 12.7. The van der Waals surface area contributed by atoms with Gasteiger partial charge in [0.05, 0.1) is 9.82 Å². The van der Waals surface area contributed by atoms with E-state index < -0.39 is 20.6 Å². The number of amides is 1. The lowest BCUT2D eigenvalue weighted by molar-refractivity contribution is -0.385. The Kier molecular flexibility index (Phi) is 5.85. The number of hydrogen-bond donors (Lipinski definition) is 1. The number of nitrogens with zero attached hydrogens (tertiary/aromatic N) is 2. The summed E-state index contributed by atoms with van der Waals surface area (Å²) in [5, 5.41) is 14.3. The van der Waals surface area contributed by atoms with E-state index >= 15 is 0 Å². The summed E-state index contributed by atoms with van der Waals surface area (Å²) in [5.41, 5.74) is 1.11. The van der Waals surface area contributed by atoms with E-state index in [1.165, 1.54) is 16.4 Å². The second-order valence-electron chi connectivity index (χ2n) is 6.45. The number of benzene rings is 2. The number of hydrogen-bond acceptors (Lipinski definition) is 6. The van der Waals surface area contributed by atoms with Crippen molar-refractivity contribution < 1.29 is 22.9 Å². The lowest BCUT2D eigenvalue weighted by atomic mass is 10.0. The van der Waals surface area contributed by atoms with E-state index in [0.29, 0.717) is 24.3 Å². The molecular weight excluding hydrogens is 398 g/mol. The fraction of sp³-hybridized carbons (Fsp3) is 0.316. The molecule has 1 N–H and O–H groups in total. The molecule has 0 saturated heterocycles. The molecule has 2 aromatic rings. The Balaban J connectivity index is 1.95. The largest absolute Gasteiger partial charge is 0.450 e. The molecule has 29 heavy (non-hydrogen) atoms. The van der Waals surface area contributed by atoms with E-state index in [-0.39, 0.29) is 29.6 Å². The fourth-order valence-electron chi connectivity index (χ4n) is 3.15. The SMILES string of the molecule is CCN(CC)S(=O)(=O)c1ccc(Oc2ccc3c(c2)CCC(=O)N3)c([N+](=O)[O-])c1. The van der Waals surface area contributed by atoms with Crippen LogP contribution in [0.25, 0.3) is 0 Å². The van der Waals surface area contributed by atoms with E-state index in [4.69, 9.17) is 4.74 Å². The van der Waals surface area contributed by atoms with Gasteiger partial charge in [0.25, 0.3) is 0 Å². The highest BCUT2D eigenvalue weighted by molar-refractivity contribution is 7.89. The van der Waals surface area contributed by atoms with Gasteiger partial charge in [-0.25, -0.2) is 8.42 Å². The van der Waals surface area contributed by atoms with Crippen molar-refractivity contribution in [1.82, 2.24) is 4.31 Å². The monoisotopic (exact) mass is 419 g/mol. The number of fused-ring (bicyclic) bond motifs is 1. The first-order chi connectivity index (χ1) is 13.8. The predicted molar refractivity (Wildman–Crippen MR) is 107 cm³/mol. The Hall–Kier alpha value is -2.98. The van der Waals surface area contributed by atoms with Crippen molar-refractivity contribution in [2.75, 3.05) is 18.4 Å². The van der Waals surface area contributed by atoms with Crippen LogP contribution in [0.3, 0.4) is 0 Å². The molecule has 0 unspecified atom stereocenters. The zero-order valence-corrected chi connectivity index (χ0v) is 16.9. The van der Waals surface area contributed by atoms with Gasteiger partial charge in [0.15, 0.2) is 0 Å². The highest BCUT2D eigenvalue weighted by atomic mass is 32.2. The Morgan fingerprint density at radius 1 is 1.14 bits per heavy atom. The molecule has 1 heterocycles. The minimum atomic E-state index is -3.83. The van der Waals surface area contributed by atoms with Crippen LogP contribution in [0.5, 0.6) is 11.5 Å². The van der Waals surface area contributed by atoms with Gasteiger partial charge in [-0.2, -0.15) is 4.31 Å². The third-order valence-electron chi connectivity index (χ3n) is 4.67. The molecule has 154 valence electrons. The maximum Gasteiger partial charge on any atom is 0.312 e. The van der Waals surface area contributed by atoms with Crippen LogP contribution in [-0.4, -0.2) is 36.6 Å². The Labute approximate surface area is 168 Å². The smallest absolute Gasteiger partial charge is 0.312 e. The predicted octanol–water partition coefficient (Wildman–Crippen LogP) is 3.30. The molecule has 10 heteroatoms. The van der Waals surface area contributed by atoms with Gasteiger partial charge in [-0.05, 0) is 42.3 Å². The zero-order chi connectivity index (χ0) is 21.2. The van der Waals surface area contributed by atoms with E-state index in [9.17, 15) is 23.3 Å². The molecule has 2 aromatic carbocycles. The average Bonchev–Trinajstić information content (AvgIpc) is 2.68. The van der Waals surface area contributed by atoms with Crippen LogP contribution in [0.15, 0.2) is 41.3 Å². The number of nitro groups is 1. The second kappa shape index (κ2) is 8.18. The minimum Gasteiger partial charge on any atom is -0.450 e. The molecule has 0 fully saturated rings. The maximum atomic E-state index is 12.7. The third-order valence-corrected chi connectivity index (χ3v) is 6.72. The number of nitro benzene ring substituents is 1. The first-order valence-corrected chi connectivity index (χ1v) is 10.6. The number of rotatable bonds is 7. The standard InChI is InChI=1S/C19H21N3O6S/c1-3-21(4-2)29(26,27)15-7-9-18(17(12-15)22(24)25)28-14-6-8-16-13(11-14)5-10-19(23)20-16/h6-9,11-12H,3-5,10H2,1-2H3,(H,20,23). The summed E-state index contributed by atoms with van der Waals surface area (Å²) in [6, 6.07) is 8.58. The number of aryl methyl sites for hydroxylation is 1. The summed E-state index contributed by atoms with van der Waals surface area (Å²) >= 11 is 0. The molecule has 1 amide bonds. The number of ether oxygens (including phenoxy) is 1. The van der Waals surface area contributed by atoms with Crippen molar-refractivity contribution in [3.8, 4) is 11.5 Å². The summed E-state index contributed by atoms with van der Waals surface area (Å²) in [6.07, 6.45) is 0.899. The zero-order valence-electron chi connectivity index (χ0n) is 16.0. The van der Waals surface area contributed by atoms with Gasteiger partial charge >= 0.3 is 5.69 Å². The molecule has 0 saturated carbocycles. The topological polar surface area (TPSA) is 119 Å². The van der Waals surface area contributed by atoms with Gasteiger partial charge in [-0.1, -0.05) is 13.8 Å². The van der Waals surface area contributed by atoms with Gasteiger partial charge in [0.1, 0.15) is 5.75 Å². The van der Waals surface area contributed by atoms with Crippen LogP contribution in [0.1, 0.15) is 25.8 Å². The van der Waals surface area contributed by atoms with Crippen LogP contribution in [0.4, 0.5) is 11.4 Å². The molecule has 0 aliphatic carbocycles. The first-order valence-electron chi connectivity index (χ1n) is 9.15. The number of anilines is 1. The van der Waals surface area contributed by atoms with E-state index in [0.717, 1.165) is 11.6 Å². The molecular formula is C19H21N3O6S. The summed E-state index contributed by atoms with van der Waals surface area (Å²) < 4.78 is 32.2. The normalized spacial score (nSPS) is 13.7. The molecule has 0 spiro atoms. The number of carbonyl (C=O) groups excluding carboxylic acids is 1. The number of nitrogens with one attached hydrogen (secondary N) is 1. The van der Waals surface area contributed by atoms with E-state index in [2.05, 4.69) is 5.32 Å². The van der Waals surface area contributed by atoms with Crippen LogP contribution in [0.2, 0.25) is 0 Å². The highest BCUT2D eigenvalue weighted by Crippen LogP contribution is 2.36. The second-order valence-corrected chi connectivity index (χ2v) is 8.38. The minimum absolute atomic E-state index is 0.0618. The van der Waals surface area contributed by atoms with Crippen LogP contribution >= 0.6 is 0 Å². The third kappa shape index (κ3) is 4.22. The molecule has 0 atom stereocenters. The number of carbonyl (C=O) groups is 1. The summed E-state index contributed by atoms with van der Waals surface area (Å²) in [4.78, 5) is 22.2. The van der Waals surface area contributed by atoms with Gasteiger partial charge < -0.3 is 10.1 Å². The van der Waals surface area contributed by atoms with Gasteiger partial charge in [0, 0.05) is 31.3 Å². The first kappa shape index (κ1) is 20.7. The lowest BCUT2D eigenvalue weighted by Gasteiger charge is -2.19. The quantitative estimate of drug-likeness (QED) is 0.543. The molecule has 9 nitrogen and oxygen atoms in total. The summed E-state index contributed by atoms with van der Waals surface area (Å²) in [5.74, 6) is 0.238.